The van der Waals surface area contributed by atoms with Crippen molar-refractivity contribution in [1.29, 1.82) is 0 Å². The van der Waals surface area contributed by atoms with Crippen molar-refractivity contribution in [3.05, 3.63) is 0 Å². The number of hydrogen-bond acceptors (Lipinski definition) is 4. The lowest BCUT2D eigenvalue weighted by atomic mass is 10.2. The van der Waals surface area contributed by atoms with Crippen LogP contribution in [-0.4, -0.2) is 63.5 Å². The first-order chi connectivity index (χ1) is 8.34. The lowest BCUT2D eigenvalue weighted by Gasteiger charge is -2.21. The van der Waals surface area contributed by atoms with Gasteiger partial charge in [0.2, 0.25) is 0 Å². The first-order valence-corrected chi connectivity index (χ1v) is 6.97. The summed E-state index contributed by atoms with van der Waals surface area (Å²) < 4.78 is 11.2. The molecule has 0 saturated carbocycles. The first-order valence-electron chi connectivity index (χ1n) is 6.97. The highest BCUT2D eigenvalue weighted by Crippen LogP contribution is 2.12. The molecule has 2 atom stereocenters. The van der Waals surface area contributed by atoms with E-state index in [2.05, 4.69) is 17.3 Å². The fourth-order valence-corrected chi connectivity index (χ4v) is 2.57. The minimum Gasteiger partial charge on any atom is -0.377 e. The van der Waals surface area contributed by atoms with Gasteiger partial charge in [-0.3, -0.25) is 0 Å². The van der Waals surface area contributed by atoms with E-state index in [0.717, 1.165) is 39.4 Å². The molecule has 0 aromatic heterocycles. The summed E-state index contributed by atoms with van der Waals surface area (Å²) in [5.41, 5.74) is 0. The lowest BCUT2D eigenvalue weighted by molar-refractivity contribution is 0.0803. The second-order valence-corrected chi connectivity index (χ2v) is 5.24. The summed E-state index contributed by atoms with van der Waals surface area (Å²) >= 11 is 0. The van der Waals surface area contributed by atoms with Crippen molar-refractivity contribution in [2.24, 2.45) is 0 Å². The second kappa shape index (κ2) is 7.31. The van der Waals surface area contributed by atoms with Gasteiger partial charge in [-0.1, -0.05) is 0 Å². The number of nitrogens with zero attached hydrogens (tertiary/aromatic N) is 1. The van der Waals surface area contributed by atoms with Crippen LogP contribution in [0.25, 0.3) is 0 Å². The number of likely N-dealkylation sites (N-methyl/N-ethyl adjacent to an activating group) is 1. The minimum atomic E-state index is 0.457. The molecule has 0 aliphatic carbocycles. The molecule has 0 bridgehead atoms. The smallest absolute Gasteiger partial charge is 0.0702 e. The number of hydrogen-bond donors (Lipinski definition) is 1. The summed E-state index contributed by atoms with van der Waals surface area (Å²) in [6, 6.07) is 0. The third-order valence-corrected chi connectivity index (χ3v) is 3.61. The highest BCUT2D eigenvalue weighted by Gasteiger charge is 2.17. The Hall–Kier alpha value is -0.160. The maximum Gasteiger partial charge on any atom is 0.0702 e. The first kappa shape index (κ1) is 13.3. The van der Waals surface area contributed by atoms with Crippen LogP contribution in [0.1, 0.15) is 25.7 Å². The van der Waals surface area contributed by atoms with Crippen molar-refractivity contribution in [2.45, 2.75) is 37.9 Å². The van der Waals surface area contributed by atoms with Crippen molar-refractivity contribution >= 4 is 0 Å². The zero-order valence-electron chi connectivity index (χ0n) is 11.0. The number of nitrogens with one attached hydrogen (secondary N) is 1. The van der Waals surface area contributed by atoms with E-state index in [4.69, 9.17) is 9.47 Å². The summed E-state index contributed by atoms with van der Waals surface area (Å²) in [6.45, 7) is 6.12. The lowest BCUT2D eigenvalue weighted by Crippen LogP contribution is -2.36. The Morgan fingerprint density at radius 1 is 1.12 bits per heavy atom. The molecule has 2 aliphatic heterocycles. The van der Waals surface area contributed by atoms with E-state index in [9.17, 15) is 0 Å². The SMILES string of the molecule is CN(CCNCC1CCCO1)CC1CCCO1. The Labute approximate surface area is 105 Å². The summed E-state index contributed by atoms with van der Waals surface area (Å²) in [5, 5.41) is 3.48. The molecule has 0 radical (unpaired) electrons. The van der Waals surface area contributed by atoms with Crippen molar-refractivity contribution in [2.75, 3.05) is 46.4 Å². The van der Waals surface area contributed by atoms with E-state index in [1.54, 1.807) is 0 Å². The summed E-state index contributed by atoms with van der Waals surface area (Å²) in [7, 11) is 2.18. The van der Waals surface area contributed by atoms with E-state index in [1.165, 1.54) is 25.7 Å². The minimum absolute atomic E-state index is 0.457. The average molecular weight is 242 g/mol. The monoisotopic (exact) mass is 242 g/mol. The van der Waals surface area contributed by atoms with Gasteiger partial charge in [-0.05, 0) is 32.7 Å². The fourth-order valence-electron chi connectivity index (χ4n) is 2.57. The van der Waals surface area contributed by atoms with Crippen LogP contribution in [0.2, 0.25) is 0 Å². The van der Waals surface area contributed by atoms with Gasteiger partial charge in [0.15, 0.2) is 0 Å². The zero-order valence-corrected chi connectivity index (χ0v) is 11.0. The zero-order chi connectivity index (χ0) is 11.9. The Kier molecular flexibility index (Phi) is 5.71. The number of rotatable bonds is 7. The molecule has 0 aromatic carbocycles. The van der Waals surface area contributed by atoms with Crippen LogP contribution in [0.3, 0.4) is 0 Å². The van der Waals surface area contributed by atoms with E-state index in [-0.39, 0.29) is 0 Å². The molecule has 100 valence electrons. The standard InChI is InChI=1S/C13H26N2O2/c1-15(11-13-5-3-9-17-13)7-6-14-10-12-4-2-8-16-12/h12-14H,2-11H2,1H3. The molecule has 17 heavy (non-hydrogen) atoms. The van der Waals surface area contributed by atoms with Crippen molar-refractivity contribution in [1.82, 2.24) is 10.2 Å². The van der Waals surface area contributed by atoms with Crippen molar-refractivity contribution in [3.63, 3.8) is 0 Å². The molecule has 2 fully saturated rings. The van der Waals surface area contributed by atoms with Gasteiger partial charge in [-0.15, -0.1) is 0 Å². The molecule has 2 saturated heterocycles. The van der Waals surface area contributed by atoms with E-state index >= 15 is 0 Å². The van der Waals surface area contributed by atoms with Gasteiger partial charge in [-0.2, -0.15) is 0 Å². The Morgan fingerprint density at radius 2 is 1.82 bits per heavy atom. The molecule has 2 unspecified atom stereocenters. The van der Waals surface area contributed by atoms with Gasteiger partial charge < -0.3 is 19.7 Å². The molecule has 0 amide bonds. The maximum absolute atomic E-state index is 5.63. The normalized spacial score (nSPS) is 29.3. The second-order valence-electron chi connectivity index (χ2n) is 5.24. The molecule has 2 heterocycles. The van der Waals surface area contributed by atoms with E-state index < -0.39 is 0 Å². The summed E-state index contributed by atoms with van der Waals surface area (Å²) in [6.07, 6.45) is 5.84. The predicted molar refractivity (Wildman–Crippen MR) is 68.3 cm³/mol. The Bertz CT molecular complexity index is 202. The van der Waals surface area contributed by atoms with E-state index in [0.29, 0.717) is 12.2 Å². The van der Waals surface area contributed by atoms with Crippen LogP contribution < -0.4 is 5.32 Å². The maximum atomic E-state index is 5.63. The Morgan fingerprint density at radius 3 is 2.47 bits per heavy atom. The van der Waals surface area contributed by atoms with Crippen LogP contribution in [0, 0.1) is 0 Å². The molecule has 0 spiro atoms. The number of ether oxygens (including phenoxy) is 2. The highest BCUT2D eigenvalue weighted by atomic mass is 16.5. The molecule has 0 aromatic rings. The molecular weight excluding hydrogens is 216 g/mol. The molecule has 4 heteroatoms. The van der Waals surface area contributed by atoms with Gasteiger partial charge >= 0.3 is 0 Å². The molecule has 4 nitrogen and oxygen atoms in total. The summed E-state index contributed by atoms with van der Waals surface area (Å²) in [5.74, 6) is 0. The van der Waals surface area contributed by atoms with Gasteiger partial charge in [-0.25, -0.2) is 0 Å². The van der Waals surface area contributed by atoms with Crippen LogP contribution in [0.5, 0.6) is 0 Å². The molecule has 1 N–H and O–H groups in total. The topological polar surface area (TPSA) is 33.7 Å². The van der Waals surface area contributed by atoms with Gasteiger partial charge in [0.1, 0.15) is 0 Å². The molecular formula is C13H26N2O2. The van der Waals surface area contributed by atoms with Crippen LogP contribution in [-0.2, 0) is 9.47 Å². The van der Waals surface area contributed by atoms with E-state index in [1.807, 2.05) is 0 Å². The quantitative estimate of drug-likeness (QED) is 0.672. The predicted octanol–water partition coefficient (Wildman–Crippen LogP) is 0.866. The van der Waals surface area contributed by atoms with Crippen molar-refractivity contribution in [3.8, 4) is 0 Å². The van der Waals surface area contributed by atoms with Crippen LogP contribution in [0.4, 0.5) is 0 Å². The fraction of sp³-hybridized carbons (Fsp3) is 1.00. The van der Waals surface area contributed by atoms with Gasteiger partial charge in [0.25, 0.3) is 0 Å². The average Bonchev–Trinajstić information content (AvgIpc) is 2.96. The largest absolute Gasteiger partial charge is 0.377 e. The molecule has 2 aliphatic rings. The van der Waals surface area contributed by atoms with Crippen LogP contribution >= 0.6 is 0 Å². The summed E-state index contributed by atoms with van der Waals surface area (Å²) in [4.78, 5) is 2.36. The molecule has 2 rings (SSSR count). The van der Waals surface area contributed by atoms with Gasteiger partial charge in [0, 0.05) is 39.4 Å². The van der Waals surface area contributed by atoms with Gasteiger partial charge in [0.05, 0.1) is 12.2 Å². The third-order valence-electron chi connectivity index (χ3n) is 3.61. The van der Waals surface area contributed by atoms with Crippen LogP contribution in [0.15, 0.2) is 0 Å². The van der Waals surface area contributed by atoms with Crippen molar-refractivity contribution < 1.29 is 9.47 Å². The highest BCUT2D eigenvalue weighted by molar-refractivity contribution is 4.70. The Balaban J connectivity index is 1.46. The third kappa shape index (κ3) is 4.92.